The number of rotatable bonds is 2. The molecular formula is C13H14N2. The molecule has 0 heterocycles. The molecule has 0 bridgehead atoms. The number of fused-ring (bicyclic) bond motifs is 1. The van der Waals surface area contributed by atoms with Crippen molar-refractivity contribution in [1.29, 1.82) is 0 Å². The SMILES string of the molecule is CC(C)N=Nc1cccc2ccccc12. The van der Waals surface area contributed by atoms with Crippen LogP contribution in [0.3, 0.4) is 0 Å². The Balaban J connectivity index is 2.51. The van der Waals surface area contributed by atoms with Gasteiger partial charge in [0, 0.05) is 5.39 Å². The molecule has 0 saturated carbocycles. The van der Waals surface area contributed by atoms with Crippen molar-refractivity contribution in [2.75, 3.05) is 0 Å². The topological polar surface area (TPSA) is 24.7 Å². The normalized spacial score (nSPS) is 11.7. The summed E-state index contributed by atoms with van der Waals surface area (Å²) in [6.07, 6.45) is 0. The van der Waals surface area contributed by atoms with Gasteiger partial charge in [-0.1, -0.05) is 36.4 Å². The Morgan fingerprint density at radius 1 is 0.933 bits per heavy atom. The van der Waals surface area contributed by atoms with Crippen molar-refractivity contribution in [2.45, 2.75) is 19.9 Å². The fourth-order valence-electron chi connectivity index (χ4n) is 1.47. The van der Waals surface area contributed by atoms with E-state index in [1.165, 1.54) is 5.39 Å². The zero-order valence-electron chi connectivity index (χ0n) is 9.01. The van der Waals surface area contributed by atoms with Gasteiger partial charge in [0.15, 0.2) is 0 Å². The fraction of sp³-hybridized carbons (Fsp3) is 0.231. The molecule has 0 amide bonds. The van der Waals surface area contributed by atoms with Crippen molar-refractivity contribution in [3.63, 3.8) is 0 Å². The van der Waals surface area contributed by atoms with E-state index in [-0.39, 0.29) is 6.04 Å². The summed E-state index contributed by atoms with van der Waals surface area (Å²) in [5.41, 5.74) is 0.946. The highest BCUT2D eigenvalue weighted by Gasteiger charge is 1.98. The van der Waals surface area contributed by atoms with Crippen LogP contribution < -0.4 is 0 Å². The van der Waals surface area contributed by atoms with Crippen LogP contribution in [0.5, 0.6) is 0 Å². The first kappa shape index (κ1) is 9.84. The van der Waals surface area contributed by atoms with Crippen LogP contribution >= 0.6 is 0 Å². The minimum Gasteiger partial charge on any atom is -0.186 e. The fourth-order valence-corrected chi connectivity index (χ4v) is 1.47. The first-order chi connectivity index (χ1) is 7.27. The van der Waals surface area contributed by atoms with Crippen molar-refractivity contribution in [3.05, 3.63) is 42.5 Å². The Kier molecular flexibility index (Phi) is 2.77. The van der Waals surface area contributed by atoms with Crippen LogP contribution in [0.25, 0.3) is 10.8 Å². The molecule has 0 fully saturated rings. The molecule has 0 spiro atoms. The lowest BCUT2D eigenvalue weighted by Gasteiger charge is -2.00. The van der Waals surface area contributed by atoms with Crippen LogP contribution in [-0.4, -0.2) is 6.04 Å². The van der Waals surface area contributed by atoms with Gasteiger partial charge in [0.1, 0.15) is 0 Å². The van der Waals surface area contributed by atoms with E-state index in [1.54, 1.807) is 0 Å². The maximum Gasteiger partial charge on any atom is 0.0930 e. The average molecular weight is 198 g/mol. The standard InChI is InChI=1S/C13H14N2/c1-10(2)14-15-13-9-5-7-11-6-3-4-8-12(11)13/h3-10H,1-2H3. The van der Waals surface area contributed by atoms with Crippen LogP contribution in [0, 0.1) is 0 Å². The third-order valence-electron chi connectivity index (χ3n) is 2.16. The third kappa shape index (κ3) is 2.21. The molecule has 0 N–H and O–H groups in total. The van der Waals surface area contributed by atoms with Crippen molar-refractivity contribution in [1.82, 2.24) is 0 Å². The van der Waals surface area contributed by atoms with Gasteiger partial charge in [-0.05, 0) is 25.3 Å². The van der Waals surface area contributed by atoms with Gasteiger partial charge in [0.2, 0.25) is 0 Å². The van der Waals surface area contributed by atoms with Gasteiger partial charge in [-0.25, -0.2) is 0 Å². The molecule has 0 aliphatic carbocycles. The Labute approximate surface area is 89.7 Å². The quantitative estimate of drug-likeness (QED) is 0.641. The summed E-state index contributed by atoms with van der Waals surface area (Å²) in [7, 11) is 0. The number of benzene rings is 2. The van der Waals surface area contributed by atoms with Gasteiger partial charge >= 0.3 is 0 Å². The Hall–Kier alpha value is -1.70. The van der Waals surface area contributed by atoms with Crippen molar-refractivity contribution >= 4 is 16.5 Å². The molecule has 0 radical (unpaired) electrons. The predicted molar refractivity (Wildman–Crippen MR) is 63.6 cm³/mol. The molecule has 76 valence electrons. The van der Waals surface area contributed by atoms with Gasteiger partial charge < -0.3 is 0 Å². The lowest BCUT2D eigenvalue weighted by Crippen LogP contribution is -1.84. The Morgan fingerprint density at radius 2 is 1.67 bits per heavy atom. The highest BCUT2D eigenvalue weighted by molar-refractivity contribution is 5.92. The second kappa shape index (κ2) is 4.22. The summed E-state index contributed by atoms with van der Waals surface area (Å²) in [5.74, 6) is 0. The summed E-state index contributed by atoms with van der Waals surface area (Å²) in [6, 6.07) is 14.6. The molecule has 0 atom stereocenters. The van der Waals surface area contributed by atoms with Crippen molar-refractivity contribution < 1.29 is 0 Å². The average Bonchev–Trinajstić information content (AvgIpc) is 2.26. The van der Waals surface area contributed by atoms with Crippen LogP contribution in [0.2, 0.25) is 0 Å². The molecular weight excluding hydrogens is 184 g/mol. The summed E-state index contributed by atoms with van der Waals surface area (Å²) in [4.78, 5) is 0. The second-order valence-corrected chi connectivity index (χ2v) is 3.81. The number of hydrogen-bond donors (Lipinski definition) is 0. The van der Waals surface area contributed by atoms with Gasteiger partial charge in [-0.2, -0.15) is 10.2 Å². The highest BCUT2D eigenvalue weighted by Crippen LogP contribution is 2.25. The van der Waals surface area contributed by atoms with Gasteiger partial charge in [0.05, 0.1) is 11.7 Å². The molecule has 0 aliphatic rings. The number of nitrogens with zero attached hydrogens (tertiary/aromatic N) is 2. The molecule has 15 heavy (non-hydrogen) atoms. The Bertz CT molecular complexity index is 481. The van der Waals surface area contributed by atoms with Gasteiger partial charge in [0.25, 0.3) is 0 Å². The van der Waals surface area contributed by atoms with Crippen LogP contribution in [0.4, 0.5) is 5.69 Å². The highest BCUT2D eigenvalue weighted by atomic mass is 15.1. The van der Waals surface area contributed by atoms with Crippen molar-refractivity contribution in [2.24, 2.45) is 10.2 Å². The van der Waals surface area contributed by atoms with Gasteiger partial charge in [-0.15, -0.1) is 0 Å². The second-order valence-electron chi connectivity index (χ2n) is 3.81. The zero-order valence-corrected chi connectivity index (χ0v) is 9.01. The summed E-state index contributed by atoms with van der Waals surface area (Å²) in [6.45, 7) is 4.04. The van der Waals surface area contributed by atoms with Crippen LogP contribution in [0.1, 0.15) is 13.8 Å². The summed E-state index contributed by atoms with van der Waals surface area (Å²) in [5, 5.41) is 10.8. The van der Waals surface area contributed by atoms with E-state index < -0.39 is 0 Å². The van der Waals surface area contributed by atoms with Crippen molar-refractivity contribution in [3.8, 4) is 0 Å². The van der Waals surface area contributed by atoms with E-state index in [0.29, 0.717) is 0 Å². The van der Waals surface area contributed by atoms with E-state index in [4.69, 9.17) is 0 Å². The summed E-state index contributed by atoms with van der Waals surface area (Å²) >= 11 is 0. The van der Waals surface area contributed by atoms with Crippen LogP contribution in [-0.2, 0) is 0 Å². The molecule has 2 nitrogen and oxygen atoms in total. The van der Waals surface area contributed by atoms with Gasteiger partial charge in [-0.3, -0.25) is 0 Å². The molecule has 0 unspecified atom stereocenters. The first-order valence-electron chi connectivity index (χ1n) is 5.16. The van der Waals surface area contributed by atoms with E-state index in [9.17, 15) is 0 Å². The molecule has 0 saturated heterocycles. The maximum atomic E-state index is 4.26. The van der Waals surface area contributed by atoms with E-state index in [1.807, 2.05) is 38.1 Å². The smallest absolute Gasteiger partial charge is 0.0930 e. The maximum absolute atomic E-state index is 4.26. The number of azo groups is 1. The molecule has 0 aliphatic heterocycles. The summed E-state index contributed by atoms with van der Waals surface area (Å²) < 4.78 is 0. The molecule has 0 aromatic heterocycles. The lowest BCUT2D eigenvalue weighted by atomic mass is 10.1. The minimum atomic E-state index is 0.240. The van der Waals surface area contributed by atoms with E-state index in [0.717, 1.165) is 11.1 Å². The van der Waals surface area contributed by atoms with E-state index in [2.05, 4.69) is 28.4 Å². The first-order valence-corrected chi connectivity index (χ1v) is 5.16. The monoisotopic (exact) mass is 198 g/mol. The predicted octanol–water partition coefficient (Wildman–Crippen LogP) is 4.33. The number of hydrogen-bond acceptors (Lipinski definition) is 2. The molecule has 2 aromatic carbocycles. The largest absolute Gasteiger partial charge is 0.186 e. The Morgan fingerprint density at radius 3 is 2.47 bits per heavy atom. The molecule has 2 aromatic rings. The molecule has 2 rings (SSSR count). The third-order valence-corrected chi connectivity index (χ3v) is 2.16. The zero-order chi connectivity index (χ0) is 10.7. The minimum absolute atomic E-state index is 0.240. The van der Waals surface area contributed by atoms with E-state index >= 15 is 0 Å². The van der Waals surface area contributed by atoms with Crippen LogP contribution in [0.15, 0.2) is 52.7 Å². The lowest BCUT2D eigenvalue weighted by molar-refractivity contribution is 0.780. The molecule has 2 heteroatoms.